The average molecular weight is 382 g/mol. The fraction of sp³-hybridized carbons (Fsp3) is 0.381. The lowest BCUT2D eigenvalue weighted by molar-refractivity contribution is 0.0527. The maximum Gasteiger partial charge on any atom is 0.340 e. The van der Waals surface area contributed by atoms with E-state index < -0.39 is 0 Å². The van der Waals surface area contributed by atoms with Gasteiger partial charge >= 0.3 is 12.0 Å². The molecule has 2 aromatic rings. The molecule has 7 heteroatoms. The Bertz CT molecular complexity index is 802. The molecule has 1 aliphatic rings. The maximum absolute atomic E-state index is 12.1. The predicted octanol–water partition coefficient (Wildman–Crippen LogP) is 4.46. The van der Waals surface area contributed by atoms with E-state index in [0.717, 1.165) is 25.7 Å². The van der Waals surface area contributed by atoms with Crippen LogP contribution in [0.1, 0.15) is 49.4 Å². The Morgan fingerprint density at radius 1 is 1.11 bits per heavy atom. The van der Waals surface area contributed by atoms with Crippen LogP contribution in [0.3, 0.4) is 0 Å². The number of anilines is 3. The van der Waals surface area contributed by atoms with Crippen LogP contribution < -0.4 is 16.0 Å². The molecule has 1 fully saturated rings. The van der Waals surface area contributed by atoms with E-state index in [1.165, 1.54) is 6.42 Å². The van der Waals surface area contributed by atoms with E-state index >= 15 is 0 Å². The van der Waals surface area contributed by atoms with Crippen molar-refractivity contribution in [1.82, 2.24) is 10.3 Å². The van der Waals surface area contributed by atoms with Crippen LogP contribution in [0.25, 0.3) is 0 Å². The lowest BCUT2D eigenvalue weighted by Gasteiger charge is -2.22. The molecule has 1 aromatic heterocycles. The number of carbonyl (C=O) groups excluding carboxylic acids is 2. The van der Waals surface area contributed by atoms with Crippen molar-refractivity contribution in [1.29, 1.82) is 0 Å². The number of nitrogens with one attached hydrogen (secondary N) is 3. The first kappa shape index (κ1) is 19.7. The molecule has 7 nitrogen and oxygen atoms in total. The van der Waals surface area contributed by atoms with E-state index in [1.807, 2.05) is 6.07 Å². The zero-order valence-electron chi connectivity index (χ0n) is 16.0. The average Bonchev–Trinajstić information content (AvgIpc) is 2.71. The van der Waals surface area contributed by atoms with Gasteiger partial charge in [-0.1, -0.05) is 31.4 Å². The molecule has 1 aliphatic carbocycles. The van der Waals surface area contributed by atoms with Gasteiger partial charge in [-0.15, -0.1) is 0 Å². The molecule has 2 amide bonds. The number of rotatable bonds is 6. The third-order valence-corrected chi connectivity index (χ3v) is 4.65. The van der Waals surface area contributed by atoms with Gasteiger partial charge in [-0.05, 0) is 44.0 Å². The van der Waals surface area contributed by atoms with Gasteiger partial charge in [0.1, 0.15) is 5.82 Å². The van der Waals surface area contributed by atoms with Crippen molar-refractivity contribution in [2.24, 2.45) is 0 Å². The predicted molar refractivity (Wildman–Crippen MR) is 109 cm³/mol. The second kappa shape index (κ2) is 9.73. The molecule has 0 aliphatic heterocycles. The molecule has 0 radical (unpaired) electrons. The zero-order valence-corrected chi connectivity index (χ0v) is 16.0. The highest BCUT2D eigenvalue weighted by molar-refractivity contribution is 5.96. The van der Waals surface area contributed by atoms with E-state index in [-0.39, 0.29) is 18.0 Å². The van der Waals surface area contributed by atoms with Crippen LogP contribution in [0.2, 0.25) is 0 Å². The summed E-state index contributed by atoms with van der Waals surface area (Å²) < 4.78 is 5.08. The van der Waals surface area contributed by atoms with Crippen molar-refractivity contribution in [2.45, 2.75) is 45.1 Å². The smallest absolute Gasteiger partial charge is 0.340 e. The van der Waals surface area contributed by atoms with Crippen LogP contribution in [0.4, 0.5) is 22.0 Å². The van der Waals surface area contributed by atoms with E-state index in [0.29, 0.717) is 29.4 Å². The van der Waals surface area contributed by atoms with Gasteiger partial charge in [0.05, 0.1) is 29.7 Å². The number of urea groups is 1. The summed E-state index contributed by atoms with van der Waals surface area (Å²) >= 11 is 0. The van der Waals surface area contributed by atoms with Crippen LogP contribution in [0.15, 0.2) is 42.6 Å². The number of para-hydroxylation sites is 1. The zero-order chi connectivity index (χ0) is 19.8. The molecule has 0 atom stereocenters. The van der Waals surface area contributed by atoms with E-state index in [4.69, 9.17) is 4.74 Å². The summed E-state index contributed by atoms with van der Waals surface area (Å²) in [6.45, 7) is 2.09. The number of carbonyl (C=O) groups is 2. The Morgan fingerprint density at radius 3 is 2.61 bits per heavy atom. The largest absolute Gasteiger partial charge is 0.462 e. The molecule has 1 aromatic carbocycles. The normalized spacial score (nSPS) is 14.2. The van der Waals surface area contributed by atoms with Crippen molar-refractivity contribution < 1.29 is 14.3 Å². The second-order valence-electron chi connectivity index (χ2n) is 6.76. The molecule has 1 saturated carbocycles. The molecule has 3 rings (SSSR count). The topological polar surface area (TPSA) is 92.4 Å². The number of ether oxygens (including phenoxy) is 1. The van der Waals surface area contributed by atoms with Gasteiger partial charge in [0.25, 0.3) is 0 Å². The first-order valence-electron chi connectivity index (χ1n) is 9.72. The van der Waals surface area contributed by atoms with Gasteiger partial charge in [0.2, 0.25) is 0 Å². The molecule has 28 heavy (non-hydrogen) atoms. The molecule has 1 heterocycles. The summed E-state index contributed by atoms with van der Waals surface area (Å²) in [5, 5.41) is 8.93. The quantitative estimate of drug-likeness (QED) is 0.642. The number of hydrogen-bond acceptors (Lipinski definition) is 5. The van der Waals surface area contributed by atoms with E-state index in [9.17, 15) is 9.59 Å². The highest BCUT2D eigenvalue weighted by Gasteiger charge is 2.16. The van der Waals surface area contributed by atoms with Gasteiger partial charge in [0, 0.05) is 6.04 Å². The van der Waals surface area contributed by atoms with Crippen molar-refractivity contribution in [3.63, 3.8) is 0 Å². The summed E-state index contributed by atoms with van der Waals surface area (Å²) in [5.74, 6) is 0.0915. The minimum atomic E-state index is -0.378. The first-order chi connectivity index (χ1) is 13.7. The van der Waals surface area contributed by atoms with Crippen LogP contribution in [0, 0.1) is 0 Å². The lowest BCUT2D eigenvalue weighted by atomic mass is 9.96. The van der Waals surface area contributed by atoms with Crippen LogP contribution >= 0.6 is 0 Å². The standard InChI is InChI=1S/C21H26N4O3/c1-2-28-20(26)17-10-6-7-11-18(17)23-16-12-13-19(22-14-16)25-21(27)24-15-8-4-3-5-9-15/h6-7,10-15,23H,2-5,8-9H2,1H3,(H2,22,24,25,27). The minimum absolute atomic E-state index is 0.229. The second-order valence-corrected chi connectivity index (χ2v) is 6.76. The van der Waals surface area contributed by atoms with Crippen LogP contribution in [0.5, 0.6) is 0 Å². The van der Waals surface area contributed by atoms with Crippen LogP contribution in [-0.4, -0.2) is 29.6 Å². The Morgan fingerprint density at radius 2 is 1.89 bits per heavy atom. The third kappa shape index (κ3) is 5.45. The number of hydrogen-bond donors (Lipinski definition) is 3. The van der Waals surface area contributed by atoms with Crippen molar-refractivity contribution in [3.8, 4) is 0 Å². The minimum Gasteiger partial charge on any atom is -0.462 e. The van der Waals surface area contributed by atoms with Gasteiger partial charge < -0.3 is 15.4 Å². The summed E-state index contributed by atoms with van der Waals surface area (Å²) in [7, 11) is 0. The molecular weight excluding hydrogens is 356 g/mol. The summed E-state index contributed by atoms with van der Waals surface area (Å²) in [4.78, 5) is 28.4. The molecule has 0 spiro atoms. The summed E-state index contributed by atoms with van der Waals surface area (Å²) in [5.41, 5.74) is 1.80. The Labute approximate surface area is 164 Å². The maximum atomic E-state index is 12.1. The molecular formula is C21H26N4O3. The van der Waals surface area contributed by atoms with E-state index in [1.54, 1.807) is 43.5 Å². The third-order valence-electron chi connectivity index (χ3n) is 4.65. The molecule has 0 bridgehead atoms. The van der Waals surface area contributed by atoms with Gasteiger partial charge in [-0.2, -0.15) is 0 Å². The molecule has 3 N–H and O–H groups in total. The highest BCUT2D eigenvalue weighted by atomic mass is 16.5. The fourth-order valence-electron chi connectivity index (χ4n) is 3.26. The molecule has 0 unspecified atom stereocenters. The summed E-state index contributed by atoms with van der Waals surface area (Å²) in [6, 6.07) is 10.7. The Hall–Kier alpha value is -3.09. The van der Waals surface area contributed by atoms with Gasteiger partial charge in [-0.25, -0.2) is 14.6 Å². The van der Waals surface area contributed by atoms with Crippen molar-refractivity contribution in [2.75, 3.05) is 17.2 Å². The first-order valence-corrected chi connectivity index (χ1v) is 9.72. The fourth-order valence-corrected chi connectivity index (χ4v) is 3.26. The van der Waals surface area contributed by atoms with Crippen molar-refractivity contribution >= 4 is 29.2 Å². The number of amides is 2. The molecule has 148 valence electrons. The number of aromatic nitrogens is 1. The number of esters is 1. The van der Waals surface area contributed by atoms with Crippen LogP contribution in [-0.2, 0) is 4.74 Å². The highest BCUT2D eigenvalue weighted by Crippen LogP contribution is 2.22. The lowest BCUT2D eigenvalue weighted by Crippen LogP contribution is -2.39. The molecule has 0 saturated heterocycles. The Balaban J connectivity index is 1.59. The van der Waals surface area contributed by atoms with Gasteiger partial charge in [0.15, 0.2) is 0 Å². The SMILES string of the molecule is CCOC(=O)c1ccccc1Nc1ccc(NC(=O)NC2CCCCC2)nc1. The summed E-state index contributed by atoms with van der Waals surface area (Å²) in [6.07, 6.45) is 7.24. The number of pyridine rings is 1. The number of nitrogens with zero attached hydrogens (tertiary/aromatic N) is 1. The number of benzene rings is 1. The van der Waals surface area contributed by atoms with E-state index in [2.05, 4.69) is 20.9 Å². The Kier molecular flexibility index (Phi) is 6.84. The monoisotopic (exact) mass is 382 g/mol. The van der Waals surface area contributed by atoms with Crippen molar-refractivity contribution in [3.05, 3.63) is 48.2 Å². The van der Waals surface area contributed by atoms with Gasteiger partial charge in [-0.3, -0.25) is 5.32 Å².